The summed E-state index contributed by atoms with van der Waals surface area (Å²) in [6.45, 7) is 3.27. The van der Waals surface area contributed by atoms with E-state index in [1.54, 1.807) is 0 Å². The van der Waals surface area contributed by atoms with Crippen LogP contribution in [0.5, 0.6) is 0 Å². The van der Waals surface area contributed by atoms with E-state index in [1.165, 1.54) is 36.4 Å². The number of halogens is 1. The lowest BCUT2D eigenvalue weighted by atomic mass is 10.1. The van der Waals surface area contributed by atoms with Gasteiger partial charge in [-0.25, -0.2) is 0 Å². The highest BCUT2D eigenvalue weighted by Gasteiger charge is 2.11. The Hall–Kier alpha value is -0.540. The zero-order valence-corrected chi connectivity index (χ0v) is 13.4. The first-order valence-electron chi connectivity index (χ1n) is 7.20. The van der Waals surface area contributed by atoms with Gasteiger partial charge in [0.2, 0.25) is 0 Å². The van der Waals surface area contributed by atoms with Gasteiger partial charge < -0.3 is 5.32 Å². The molecule has 4 heteroatoms. The number of nitrogens with zero attached hydrogens (tertiary/aromatic N) is 1. The van der Waals surface area contributed by atoms with Crippen molar-refractivity contribution in [3.8, 4) is 0 Å². The van der Waals surface area contributed by atoms with Crippen LogP contribution in [-0.4, -0.2) is 18.4 Å². The number of nitrogens with one attached hydrogen (secondary N) is 1. The zero-order valence-electron chi connectivity index (χ0n) is 11.7. The zero-order chi connectivity index (χ0) is 12.6. The smallest absolute Gasteiger partial charge is 0.0965 e. The Kier molecular flexibility index (Phi) is 8.15. The van der Waals surface area contributed by atoms with Gasteiger partial charge in [-0.15, -0.1) is 23.7 Å². The summed E-state index contributed by atoms with van der Waals surface area (Å²) in [6.07, 6.45) is 8.70. The molecule has 0 aliphatic carbocycles. The topological polar surface area (TPSA) is 24.4 Å². The maximum absolute atomic E-state index is 4.71. The average molecular weight is 301 g/mol. The number of hydrogen-bond acceptors (Lipinski definition) is 3. The minimum atomic E-state index is 0. The van der Waals surface area contributed by atoms with E-state index in [-0.39, 0.29) is 12.4 Å². The lowest BCUT2D eigenvalue weighted by Gasteiger charge is -2.20. The predicted molar refractivity (Wildman–Crippen MR) is 87.9 cm³/mol. The van der Waals surface area contributed by atoms with Crippen LogP contribution in [0.15, 0.2) is 22.5 Å². The van der Waals surface area contributed by atoms with E-state index in [2.05, 4.69) is 29.8 Å². The van der Waals surface area contributed by atoms with Crippen LogP contribution in [0.4, 0.5) is 0 Å². The molecular formula is C15H25ClN2S. The van der Waals surface area contributed by atoms with Crippen molar-refractivity contribution in [3.63, 3.8) is 0 Å². The Bertz CT molecular complexity index is 362. The van der Waals surface area contributed by atoms with Gasteiger partial charge in [-0.2, -0.15) is 0 Å². The molecule has 1 aliphatic heterocycles. The Morgan fingerprint density at radius 1 is 1.32 bits per heavy atom. The summed E-state index contributed by atoms with van der Waals surface area (Å²) < 4.78 is 0. The van der Waals surface area contributed by atoms with Crippen molar-refractivity contribution in [2.75, 3.05) is 6.54 Å². The van der Waals surface area contributed by atoms with E-state index in [4.69, 9.17) is 4.99 Å². The molecule has 0 radical (unpaired) electrons. The number of rotatable bonds is 4. The van der Waals surface area contributed by atoms with E-state index >= 15 is 0 Å². The second-order valence-electron chi connectivity index (χ2n) is 5.03. The second kappa shape index (κ2) is 9.38. The van der Waals surface area contributed by atoms with E-state index in [0.29, 0.717) is 6.04 Å². The van der Waals surface area contributed by atoms with Gasteiger partial charge in [-0.3, -0.25) is 4.99 Å². The van der Waals surface area contributed by atoms with Crippen LogP contribution in [0.25, 0.3) is 0 Å². The Morgan fingerprint density at radius 2 is 2.16 bits per heavy atom. The number of amidine groups is 1. The summed E-state index contributed by atoms with van der Waals surface area (Å²) in [5, 5.41) is 5.83. The molecule has 2 nitrogen and oxygen atoms in total. The van der Waals surface area contributed by atoms with Crippen molar-refractivity contribution in [1.82, 2.24) is 5.32 Å². The second-order valence-corrected chi connectivity index (χ2v) is 6.06. The van der Waals surface area contributed by atoms with Crippen LogP contribution < -0.4 is 5.32 Å². The largest absolute Gasteiger partial charge is 0.371 e. The lowest BCUT2D eigenvalue weighted by Crippen LogP contribution is -2.36. The fourth-order valence-electron chi connectivity index (χ4n) is 2.37. The fourth-order valence-corrected chi connectivity index (χ4v) is 3.16. The molecule has 1 unspecified atom stereocenters. The van der Waals surface area contributed by atoms with Gasteiger partial charge in [0.05, 0.1) is 5.84 Å². The van der Waals surface area contributed by atoms with Gasteiger partial charge in [-0.05, 0) is 30.7 Å². The minimum Gasteiger partial charge on any atom is -0.371 e. The molecule has 1 aromatic heterocycles. The van der Waals surface area contributed by atoms with Crippen LogP contribution in [0.1, 0.15) is 50.3 Å². The Labute approximate surface area is 127 Å². The van der Waals surface area contributed by atoms with E-state index < -0.39 is 0 Å². The molecule has 0 saturated heterocycles. The maximum atomic E-state index is 4.71. The molecule has 1 atom stereocenters. The summed E-state index contributed by atoms with van der Waals surface area (Å²) in [5.74, 6) is 1.25. The summed E-state index contributed by atoms with van der Waals surface area (Å²) in [7, 11) is 0. The third-order valence-electron chi connectivity index (χ3n) is 3.52. The van der Waals surface area contributed by atoms with Crippen LogP contribution in [0.2, 0.25) is 0 Å². The fraction of sp³-hybridized carbons (Fsp3) is 0.667. The van der Waals surface area contributed by atoms with Crippen molar-refractivity contribution in [3.05, 3.63) is 22.4 Å². The minimum absolute atomic E-state index is 0. The van der Waals surface area contributed by atoms with Gasteiger partial charge in [-0.1, -0.05) is 25.8 Å². The van der Waals surface area contributed by atoms with Crippen LogP contribution in [0.3, 0.4) is 0 Å². The summed E-state index contributed by atoms with van der Waals surface area (Å²) in [6, 6.07) is 4.91. The summed E-state index contributed by atoms with van der Waals surface area (Å²) in [5.41, 5.74) is 0. The molecule has 0 aromatic carbocycles. The molecule has 108 valence electrons. The molecule has 2 heterocycles. The lowest BCUT2D eigenvalue weighted by molar-refractivity contribution is 0.566. The molecule has 1 aliphatic rings. The van der Waals surface area contributed by atoms with Gasteiger partial charge in [0, 0.05) is 30.3 Å². The highest BCUT2D eigenvalue weighted by Crippen LogP contribution is 2.14. The molecular weight excluding hydrogens is 276 g/mol. The van der Waals surface area contributed by atoms with Crippen LogP contribution in [0, 0.1) is 0 Å². The first-order chi connectivity index (χ1) is 8.88. The average Bonchev–Trinajstić information content (AvgIpc) is 2.84. The van der Waals surface area contributed by atoms with Crippen molar-refractivity contribution in [2.45, 2.75) is 57.9 Å². The van der Waals surface area contributed by atoms with Gasteiger partial charge in [0.25, 0.3) is 0 Å². The standard InChI is InChI=1S/C15H24N2S.ClH/c1-2-13(12-14-8-7-11-18-14)17-15-9-5-3-4-6-10-16-15;/h7-8,11,13H,2-6,9-10,12H2,1H3,(H,16,17);1H. The highest BCUT2D eigenvalue weighted by molar-refractivity contribution is 7.09. The van der Waals surface area contributed by atoms with E-state index in [9.17, 15) is 0 Å². The molecule has 0 saturated carbocycles. The van der Waals surface area contributed by atoms with E-state index in [0.717, 1.165) is 25.8 Å². The summed E-state index contributed by atoms with van der Waals surface area (Å²) in [4.78, 5) is 6.18. The monoisotopic (exact) mass is 300 g/mol. The van der Waals surface area contributed by atoms with Crippen molar-refractivity contribution >= 4 is 29.6 Å². The van der Waals surface area contributed by atoms with Crippen molar-refractivity contribution in [1.29, 1.82) is 0 Å². The van der Waals surface area contributed by atoms with Gasteiger partial charge in [0.15, 0.2) is 0 Å². The Balaban J connectivity index is 0.00000180. The van der Waals surface area contributed by atoms with Crippen LogP contribution >= 0.6 is 23.7 Å². The SMILES string of the molecule is CCC(Cc1cccs1)NC1=NCCCCCC1.Cl. The number of aliphatic imine (C=N–C) groups is 1. The van der Waals surface area contributed by atoms with E-state index in [1.807, 2.05) is 11.3 Å². The molecule has 1 N–H and O–H groups in total. The van der Waals surface area contributed by atoms with Crippen molar-refractivity contribution < 1.29 is 0 Å². The van der Waals surface area contributed by atoms with Gasteiger partial charge >= 0.3 is 0 Å². The maximum Gasteiger partial charge on any atom is 0.0965 e. The summed E-state index contributed by atoms with van der Waals surface area (Å²) >= 11 is 1.86. The predicted octanol–water partition coefficient (Wildman–Crippen LogP) is 4.44. The number of hydrogen-bond donors (Lipinski definition) is 1. The highest BCUT2D eigenvalue weighted by atomic mass is 35.5. The quantitative estimate of drug-likeness (QED) is 0.873. The number of thiophene rings is 1. The molecule has 1 aromatic rings. The normalized spacial score (nSPS) is 17.6. The van der Waals surface area contributed by atoms with Crippen LogP contribution in [-0.2, 0) is 6.42 Å². The molecule has 19 heavy (non-hydrogen) atoms. The Morgan fingerprint density at radius 3 is 2.89 bits per heavy atom. The molecule has 0 bridgehead atoms. The third-order valence-corrected chi connectivity index (χ3v) is 4.41. The molecule has 2 rings (SSSR count). The van der Waals surface area contributed by atoms with Crippen molar-refractivity contribution in [2.24, 2.45) is 4.99 Å². The molecule has 0 fully saturated rings. The third kappa shape index (κ3) is 5.96. The van der Waals surface area contributed by atoms with Gasteiger partial charge in [0.1, 0.15) is 0 Å². The first-order valence-corrected chi connectivity index (χ1v) is 8.08. The first kappa shape index (κ1) is 16.5. The molecule has 0 spiro atoms. The molecule has 0 amide bonds.